The zero-order valence-electron chi connectivity index (χ0n) is 15.1. The maximum atomic E-state index is 12.3. The molecular weight excluding hydrogens is 288 g/mol. The molecule has 2 fully saturated rings. The molecule has 1 aliphatic heterocycles. The molecule has 1 aliphatic carbocycles. The largest absolute Gasteiger partial charge is 0.347 e. The van der Waals surface area contributed by atoms with Crippen LogP contribution in [0.25, 0.3) is 0 Å². The Morgan fingerprint density at radius 3 is 2.17 bits per heavy atom. The maximum Gasteiger partial charge on any atom is 0.169 e. The third-order valence-corrected chi connectivity index (χ3v) is 5.36. The van der Waals surface area contributed by atoms with E-state index in [1.807, 2.05) is 0 Å². The Bertz CT molecular complexity index is 334. The highest BCUT2D eigenvalue weighted by Gasteiger charge is 2.44. The van der Waals surface area contributed by atoms with E-state index in [0.29, 0.717) is 13.0 Å². The first-order valence-corrected chi connectivity index (χ1v) is 10.1. The van der Waals surface area contributed by atoms with Gasteiger partial charge < -0.3 is 9.47 Å². The molecule has 0 radical (unpaired) electrons. The van der Waals surface area contributed by atoms with Crippen molar-refractivity contribution in [3.8, 4) is 0 Å². The SMILES string of the molecule is CCCCCCCCCCCC(=O)[C@H]1COC2(CCCCC2)O1. The molecular formula is C20H36O3. The fourth-order valence-electron chi connectivity index (χ4n) is 3.84. The first-order chi connectivity index (χ1) is 11.3. The number of carbonyl (C=O) groups is 1. The molecule has 2 rings (SSSR count). The molecule has 1 saturated carbocycles. The molecule has 0 aromatic carbocycles. The van der Waals surface area contributed by atoms with Crippen LogP contribution in [-0.2, 0) is 14.3 Å². The van der Waals surface area contributed by atoms with Crippen molar-refractivity contribution >= 4 is 5.78 Å². The average molecular weight is 325 g/mol. The van der Waals surface area contributed by atoms with Crippen LogP contribution in [0, 0.1) is 0 Å². The molecule has 1 heterocycles. The summed E-state index contributed by atoms with van der Waals surface area (Å²) in [4.78, 5) is 12.3. The van der Waals surface area contributed by atoms with E-state index in [9.17, 15) is 4.79 Å². The van der Waals surface area contributed by atoms with Crippen LogP contribution in [0.5, 0.6) is 0 Å². The van der Waals surface area contributed by atoms with Gasteiger partial charge in [0.05, 0.1) is 6.61 Å². The predicted octanol–water partition coefficient (Wildman–Crippen LogP) is 5.55. The van der Waals surface area contributed by atoms with Gasteiger partial charge in [0.15, 0.2) is 11.6 Å². The van der Waals surface area contributed by atoms with E-state index >= 15 is 0 Å². The van der Waals surface area contributed by atoms with Crippen molar-refractivity contribution in [3.63, 3.8) is 0 Å². The zero-order chi connectivity index (χ0) is 16.4. The second-order valence-corrected chi connectivity index (χ2v) is 7.43. The highest BCUT2D eigenvalue weighted by atomic mass is 16.7. The standard InChI is InChI=1S/C20H36O3/c1-2-3-4-5-6-7-8-9-11-14-18(21)19-17-22-20(23-19)15-12-10-13-16-20/h19H,2-17H2,1H3/t19-/m1/s1. The maximum absolute atomic E-state index is 12.3. The van der Waals surface area contributed by atoms with E-state index in [1.165, 1.54) is 70.6 Å². The number of hydrogen-bond donors (Lipinski definition) is 0. The fraction of sp³-hybridized carbons (Fsp3) is 0.950. The number of ketones is 1. The van der Waals surface area contributed by atoms with Crippen molar-refractivity contribution in [2.75, 3.05) is 6.61 Å². The molecule has 1 atom stereocenters. The van der Waals surface area contributed by atoms with Gasteiger partial charge in [-0.3, -0.25) is 4.79 Å². The van der Waals surface area contributed by atoms with Crippen molar-refractivity contribution in [1.82, 2.24) is 0 Å². The van der Waals surface area contributed by atoms with Crippen LogP contribution < -0.4 is 0 Å². The molecule has 134 valence electrons. The van der Waals surface area contributed by atoms with Gasteiger partial charge in [0.25, 0.3) is 0 Å². The van der Waals surface area contributed by atoms with Gasteiger partial charge in [-0.05, 0) is 19.3 Å². The molecule has 0 amide bonds. The highest BCUT2D eigenvalue weighted by molar-refractivity contribution is 5.83. The van der Waals surface area contributed by atoms with E-state index in [4.69, 9.17) is 9.47 Å². The zero-order valence-corrected chi connectivity index (χ0v) is 15.1. The summed E-state index contributed by atoms with van der Waals surface area (Å²) in [5.74, 6) is -0.146. The van der Waals surface area contributed by atoms with Crippen molar-refractivity contribution in [1.29, 1.82) is 0 Å². The van der Waals surface area contributed by atoms with E-state index in [0.717, 1.165) is 19.3 Å². The Morgan fingerprint density at radius 1 is 0.913 bits per heavy atom. The minimum atomic E-state index is -0.406. The second-order valence-electron chi connectivity index (χ2n) is 7.43. The molecule has 1 saturated heterocycles. The molecule has 3 heteroatoms. The van der Waals surface area contributed by atoms with E-state index < -0.39 is 5.79 Å². The summed E-state index contributed by atoms with van der Waals surface area (Å²) in [6.45, 7) is 2.74. The third-order valence-electron chi connectivity index (χ3n) is 5.36. The lowest BCUT2D eigenvalue weighted by Crippen LogP contribution is -2.34. The van der Waals surface area contributed by atoms with Crippen molar-refractivity contribution in [2.45, 2.75) is 115 Å². The summed E-state index contributed by atoms with van der Waals surface area (Å²) in [6.07, 6.45) is 17.5. The van der Waals surface area contributed by atoms with Gasteiger partial charge in [-0.15, -0.1) is 0 Å². The quantitative estimate of drug-likeness (QED) is 0.467. The lowest BCUT2D eigenvalue weighted by Gasteiger charge is -2.31. The molecule has 23 heavy (non-hydrogen) atoms. The van der Waals surface area contributed by atoms with Gasteiger partial charge >= 0.3 is 0 Å². The summed E-state index contributed by atoms with van der Waals surface area (Å²) in [7, 11) is 0. The van der Waals surface area contributed by atoms with Gasteiger partial charge in [0.1, 0.15) is 6.10 Å². The molecule has 0 bridgehead atoms. The van der Waals surface area contributed by atoms with Crippen molar-refractivity contribution in [3.05, 3.63) is 0 Å². The Hall–Kier alpha value is -0.410. The van der Waals surface area contributed by atoms with Crippen LogP contribution in [0.3, 0.4) is 0 Å². The van der Waals surface area contributed by atoms with Gasteiger partial charge in [0.2, 0.25) is 0 Å². The van der Waals surface area contributed by atoms with E-state index in [1.54, 1.807) is 0 Å². The topological polar surface area (TPSA) is 35.5 Å². The molecule has 0 aromatic heterocycles. The average Bonchev–Trinajstić information content (AvgIpc) is 2.97. The van der Waals surface area contributed by atoms with Gasteiger partial charge in [-0.25, -0.2) is 0 Å². The molecule has 0 unspecified atom stereocenters. The van der Waals surface area contributed by atoms with Crippen LogP contribution >= 0.6 is 0 Å². The Kier molecular flexibility index (Phi) is 8.60. The van der Waals surface area contributed by atoms with Crippen LogP contribution in [0.15, 0.2) is 0 Å². The van der Waals surface area contributed by atoms with Crippen LogP contribution in [0.4, 0.5) is 0 Å². The number of rotatable bonds is 11. The first kappa shape index (κ1) is 18.9. The van der Waals surface area contributed by atoms with E-state index in [2.05, 4.69) is 6.92 Å². The minimum absolute atomic E-state index is 0.260. The van der Waals surface area contributed by atoms with Crippen LogP contribution in [-0.4, -0.2) is 24.3 Å². The number of carbonyl (C=O) groups excluding carboxylic acids is 1. The number of Topliss-reactive ketones (excluding diaryl/α,β-unsaturated/α-hetero) is 1. The number of hydrogen-bond acceptors (Lipinski definition) is 3. The molecule has 0 aromatic rings. The minimum Gasteiger partial charge on any atom is -0.347 e. The Balaban J connectivity index is 1.49. The lowest BCUT2D eigenvalue weighted by atomic mass is 9.94. The molecule has 3 nitrogen and oxygen atoms in total. The van der Waals surface area contributed by atoms with Gasteiger partial charge in [-0.2, -0.15) is 0 Å². The fourth-order valence-corrected chi connectivity index (χ4v) is 3.84. The Morgan fingerprint density at radius 2 is 1.52 bits per heavy atom. The van der Waals surface area contributed by atoms with Crippen LogP contribution in [0.2, 0.25) is 0 Å². The van der Waals surface area contributed by atoms with Crippen molar-refractivity contribution < 1.29 is 14.3 Å². The summed E-state index contributed by atoms with van der Waals surface area (Å²) in [5.41, 5.74) is 0. The monoisotopic (exact) mass is 324 g/mol. The lowest BCUT2D eigenvalue weighted by molar-refractivity contribution is -0.188. The molecule has 2 aliphatic rings. The van der Waals surface area contributed by atoms with Gasteiger partial charge in [0, 0.05) is 19.3 Å². The molecule has 1 spiro atoms. The normalized spacial score (nSPS) is 23.4. The van der Waals surface area contributed by atoms with E-state index in [-0.39, 0.29) is 11.9 Å². The summed E-state index contributed by atoms with van der Waals surface area (Å²) < 4.78 is 11.9. The third kappa shape index (κ3) is 6.54. The summed E-state index contributed by atoms with van der Waals surface area (Å²) in [6, 6.07) is 0. The van der Waals surface area contributed by atoms with Gasteiger partial charge in [-0.1, -0.05) is 64.7 Å². The van der Waals surface area contributed by atoms with Crippen molar-refractivity contribution in [2.24, 2.45) is 0 Å². The Labute approximate surface area is 142 Å². The summed E-state index contributed by atoms with van der Waals surface area (Å²) >= 11 is 0. The van der Waals surface area contributed by atoms with Crippen LogP contribution in [0.1, 0.15) is 103 Å². The molecule has 0 N–H and O–H groups in total. The number of ether oxygens (including phenoxy) is 2. The first-order valence-electron chi connectivity index (χ1n) is 10.1. The highest BCUT2D eigenvalue weighted by Crippen LogP contribution is 2.38. The predicted molar refractivity (Wildman–Crippen MR) is 93.5 cm³/mol. The smallest absolute Gasteiger partial charge is 0.169 e. The second kappa shape index (κ2) is 10.5. The number of unbranched alkanes of at least 4 members (excludes halogenated alkanes) is 8. The summed E-state index contributed by atoms with van der Waals surface area (Å²) in [5, 5.41) is 0.